The van der Waals surface area contributed by atoms with Crippen molar-refractivity contribution in [3.05, 3.63) is 42.9 Å². The minimum Gasteiger partial charge on any atom is -0.346 e. The Balaban J connectivity index is 2.05. The molecule has 76 valence electrons. The zero-order valence-corrected chi connectivity index (χ0v) is 8.48. The molecule has 1 fully saturated rings. The Kier molecular flexibility index (Phi) is 1.78. The Morgan fingerprint density at radius 2 is 2.27 bits per heavy atom. The van der Waals surface area contributed by atoms with E-state index in [1.807, 2.05) is 6.20 Å². The summed E-state index contributed by atoms with van der Waals surface area (Å²) in [6.07, 6.45) is 8.47. The molecule has 0 radical (unpaired) electrons. The Morgan fingerprint density at radius 1 is 1.40 bits per heavy atom. The molecule has 0 aromatic carbocycles. The van der Waals surface area contributed by atoms with Crippen molar-refractivity contribution < 1.29 is 0 Å². The highest BCUT2D eigenvalue weighted by atomic mass is 15.1. The van der Waals surface area contributed by atoms with Gasteiger partial charge in [0.2, 0.25) is 0 Å². The van der Waals surface area contributed by atoms with Gasteiger partial charge in [0.05, 0.1) is 6.20 Å². The van der Waals surface area contributed by atoms with E-state index < -0.39 is 0 Å². The predicted molar refractivity (Wildman–Crippen MR) is 61.0 cm³/mol. The molecule has 1 aliphatic carbocycles. The summed E-state index contributed by atoms with van der Waals surface area (Å²) in [5, 5.41) is 2.99. The molecule has 0 unspecified atom stereocenters. The van der Waals surface area contributed by atoms with Gasteiger partial charge in [-0.05, 0) is 36.6 Å². The second-order valence-corrected chi connectivity index (χ2v) is 3.98. The van der Waals surface area contributed by atoms with Crippen molar-refractivity contribution >= 4 is 11.5 Å². The highest BCUT2D eigenvalue weighted by molar-refractivity contribution is 5.50. The number of aromatic nitrogens is 2. The number of hydrogen-bond acceptors (Lipinski definition) is 2. The maximum absolute atomic E-state index is 4.40. The Hall–Kier alpha value is -1.77. The minimum absolute atomic E-state index is 0.785. The Morgan fingerprint density at radius 3 is 3.00 bits per heavy atom. The third-order valence-corrected chi connectivity index (χ3v) is 2.77. The van der Waals surface area contributed by atoms with Gasteiger partial charge in [-0.1, -0.05) is 12.6 Å². The molecule has 0 atom stereocenters. The molecular weight excluding hydrogens is 186 g/mol. The van der Waals surface area contributed by atoms with Gasteiger partial charge in [-0.3, -0.25) is 0 Å². The van der Waals surface area contributed by atoms with Gasteiger partial charge in [0.25, 0.3) is 0 Å². The number of nitrogens with zero attached hydrogens (tertiary/aromatic N) is 2. The first-order chi connectivity index (χ1) is 7.36. The predicted octanol–water partition coefficient (Wildman–Crippen LogP) is 2.77. The molecule has 1 N–H and O–H groups in total. The topological polar surface area (TPSA) is 29.3 Å². The molecule has 0 aliphatic heterocycles. The van der Waals surface area contributed by atoms with Crippen molar-refractivity contribution in [3.63, 3.8) is 0 Å². The standard InChI is InChI=1S/C12H13N3/c1-2-13-11-8-15-7-10(9-3-4-9)5-6-12(15)14-11/h2,5-9,13H,1,3-4H2. The summed E-state index contributed by atoms with van der Waals surface area (Å²) in [7, 11) is 0. The average molecular weight is 199 g/mol. The van der Waals surface area contributed by atoms with Gasteiger partial charge in [0.15, 0.2) is 0 Å². The summed E-state index contributed by atoms with van der Waals surface area (Å²) in [5.74, 6) is 1.63. The molecule has 1 saturated carbocycles. The maximum atomic E-state index is 4.40. The van der Waals surface area contributed by atoms with E-state index in [0.717, 1.165) is 17.4 Å². The molecule has 3 nitrogen and oxygen atoms in total. The molecule has 0 amide bonds. The second kappa shape index (κ2) is 3.12. The van der Waals surface area contributed by atoms with Crippen LogP contribution in [0.4, 0.5) is 5.82 Å². The van der Waals surface area contributed by atoms with Crippen LogP contribution >= 0.6 is 0 Å². The van der Waals surface area contributed by atoms with Crippen molar-refractivity contribution in [2.75, 3.05) is 5.32 Å². The molecular formula is C12H13N3. The molecule has 2 aromatic heterocycles. The van der Waals surface area contributed by atoms with Crippen molar-refractivity contribution in [1.82, 2.24) is 9.38 Å². The van der Waals surface area contributed by atoms with Crippen LogP contribution in [-0.2, 0) is 0 Å². The van der Waals surface area contributed by atoms with Gasteiger partial charge < -0.3 is 9.72 Å². The van der Waals surface area contributed by atoms with E-state index in [1.54, 1.807) is 6.20 Å². The van der Waals surface area contributed by atoms with E-state index in [-0.39, 0.29) is 0 Å². The maximum Gasteiger partial charge on any atom is 0.149 e. The van der Waals surface area contributed by atoms with Crippen molar-refractivity contribution in [3.8, 4) is 0 Å². The summed E-state index contributed by atoms with van der Waals surface area (Å²) in [6, 6.07) is 4.25. The van der Waals surface area contributed by atoms with E-state index in [1.165, 1.54) is 18.4 Å². The first kappa shape index (κ1) is 8.53. The van der Waals surface area contributed by atoms with Crippen molar-refractivity contribution in [1.29, 1.82) is 0 Å². The van der Waals surface area contributed by atoms with Crippen molar-refractivity contribution in [2.45, 2.75) is 18.8 Å². The number of imidazole rings is 1. The summed E-state index contributed by atoms with van der Waals surface area (Å²) in [6.45, 7) is 3.62. The van der Waals surface area contributed by atoms with Gasteiger partial charge in [-0.15, -0.1) is 0 Å². The molecule has 0 saturated heterocycles. The summed E-state index contributed by atoms with van der Waals surface area (Å²) in [5.41, 5.74) is 2.40. The number of fused-ring (bicyclic) bond motifs is 1. The fraction of sp³-hybridized carbons (Fsp3) is 0.250. The number of anilines is 1. The SMILES string of the molecule is C=CNc1cn2cc(C3CC3)ccc2n1. The van der Waals surface area contributed by atoms with E-state index in [2.05, 4.69) is 39.6 Å². The second-order valence-electron chi connectivity index (χ2n) is 3.98. The summed E-state index contributed by atoms with van der Waals surface area (Å²) >= 11 is 0. The molecule has 0 bridgehead atoms. The smallest absolute Gasteiger partial charge is 0.149 e. The lowest BCUT2D eigenvalue weighted by Gasteiger charge is -1.98. The fourth-order valence-corrected chi connectivity index (χ4v) is 1.84. The van der Waals surface area contributed by atoms with Crippen LogP contribution in [0.25, 0.3) is 5.65 Å². The van der Waals surface area contributed by atoms with E-state index in [4.69, 9.17) is 0 Å². The van der Waals surface area contributed by atoms with Crippen LogP contribution in [0.5, 0.6) is 0 Å². The summed E-state index contributed by atoms with van der Waals surface area (Å²) in [4.78, 5) is 4.40. The van der Waals surface area contributed by atoms with Gasteiger partial charge in [0.1, 0.15) is 11.5 Å². The number of nitrogens with one attached hydrogen (secondary N) is 1. The normalized spacial score (nSPS) is 15.5. The monoisotopic (exact) mass is 199 g/mol. The van der Waals surface area contributed by atoms with Crippen LogP contribution in [0.3, 0.4) is 0 Å². The average Bonchev–Trinajstić information content (AvgIpc) is 2.99. The molecule has 15 heavy (non-hydrogen) atoms. The van der Waals surface area contributed by atoms with Gasteiger partial charge in [0, 0.05) is 6.20 Å². The van der Waals surface area contributed by atoms with E-state index in [0.29, 0.717) is 0 Å². The highest BCUT2D eigenvalue weighted by Crippen LogP contribution is 2.39. The van der Waals surface area contributed by atoms with Crippen LogP contribution in [0.2, 0.25) is 0 Å². The Labute approximate surface area is 88.4 Å². The number of pyridine rings is 1. The molecule has 0 spiro atoms. The minimum atomic E-state index is 0.785. The number of rotatable bonds is 3. The quantitative estimate of drug-likeness (QED) is 0.823. The van der Waals surface area contributed by atoms with Gasteiger partial charge in [-0.2, -0.15) is 0 Å². The molecule has 3 heteroatoms. The van der Waals surface area contributed by atoms with Crippen molar-refractivity contribution in [2.24, 2.45) is 0 Å². The first-order valence-electron chi connectivity index (χ1n) is 5.23. The third kappa shape index (κ3) is 1.50. The van der Waals surface area contributed by atoms with Crippen LogP contribution in [-0.4, -0.2) is 9.38 Å². The molecule has 3 rings (SSSR count). The zero-order chi connectivity index (χ0) is 10.3. The zero-order valence-electron chi connectivity index (χ0n) is 8.48. The van der Waals surface area contributed by atoms with Gasteiger partial charge in [-0.25, -0.2) is 4.98 Å². The first-order valence-corrected chi connectivity index (χ1v) is 5.23. The fourth-order valence-electron chi connectivity index (χ4n) is 1.84. The lowest BCUT2D eigenvalue weighted by molar-refractivity contribution is 1.06. The van der Waals surface area contributed by atoms with E-state index in [9.17, 15) is 0 Å². The largest absolute Gasteiger partial charge is 0.346 e. The molecule has 2 aromatic rings. The van der Waals surface area contributed by atoms with Crippen LogP contribution in [0.15, 0.2) is 37.3 Å². The van der Waals surface area contributed by atoms with Crippen LogP contribution in [0, 0.1) is 0 Å². The number of hydrogen-bond donors (Lipinski definition) is 1. The van der Waals surface area contributed by atoms with E-state index >= 15 is 0 Å². The lowest BCUT2D eigenvalue weighted by atomic mass is 10.2. The van der Waals surface area contributed by atoms with Crippen LogP contribution < -0.4 is 5.32 Å². The van der Waals surface area contributed by atoms with Crippen LogP contribution in [0.1, 0.15) is 24.3 Å². The van der Waals surface area contributed by atoms with Gasteiger partial charge >= 0.3 is 0 Å². The highest BCUT2D eigenvalue weighted by Gasteiger charge is 2.23. The lowest BCUT2D eigenvalue weighted by Crippen LogP contribution is -1.86. The third-order valence-electron chi connectivity index (χ3n) is 2.77. The Bertz CT molecular complexity index is 509. The molecule has 2 heterocycles. The molecule has 1 aliphatic rings. The summed E-state index contributed by atoms with van der Waals surface area (Å²) < 4.78 is 2.07.